The van der Waals surface area contributed by atoms with E-state index in [1.54, 1.807) is 0 Å². The minimum absolute atomic E-state index is 0.736. The molecule has 1 saturated heterocycles. The summed E-state index contributed by atoms with van der Waals surface area (Å²) in [5.41, 5.74) is 3.82. The molecule has 2 heterocycles. The highest BCUT2D eigenvalue weighted by atomic mass is 15.2. The van der Waals surface area contributed by atoms with Gasteiger partial charge in [0.2, 0.25) is 0 Å². The molecule has 0 aromatic carbocycles. The Bertz CT molecular complexity index is 319. The van der Waals surface area contributed by atoms with Crippen LogP contribution in [0.1, 0.15) is 32.1 Å². The maximum Gasteiger partial charge on any atom is 0.141 e. The summed E-state index contributed by atoms with van der Waals surface area (Å²) in [6, 6.07) is 4.07. The Morgan fingerprint density at radius 1 is 1.12 bits per heavy atom. The summed E-state index contributed by atoms with van der Waals surface area (Å²) in [7, 11) is 0. The summed E-state index contributed by atoms with van der Waals surface area (Å²) in [6.45, 7) is 2.29. The van der Waals surface area contributed by atoms with E-state index in [2.05, 4.69) is 21.4 Å². The summed E-state index contributed by atoms with van der Waals surface area (Å²) in [5, 5.41) is 0. The number of nitrogens with zero attached hydrogens (tertiary/aromatic N) is 2. The van der Waals surface area contributed by atoms with Crippen molar-refractivity contribution >= 4 is 11.5 Å². The van der Waals surface area contributed by atoms with Crippen molar-refractivity contribution in [1.82, 2.24) is 4.98 Å². The topological polar surface area (TPSA) is 54.2 Å². The molecule has 0 spiro atoms. The second kappa shape index (κ2) is 5.70. The van der Waals surface area contributed by atoms with Crippen molar-refractivity contribution in [3.63, 3.8) is 0 Å². The van der Waals surface area contributed by atoms with Gasteiger partial charge in [0.25, 0.3) is 0 Å². The van der Waals surface area contributed by atoms with Gasteiger partial charge < -0.3 is 10.3 Å². The van der Waals surface area contributed by atoms with E-state index in [1.165, 1.54) is 37.8 Å². The van der Waals surface area contributed by atoms with Gasteiger partial charge in [0, 0.05) is 31.0 Å². The van der Waals surface area contributed by atoms with E-state index < -0.39 is 0 Å². The van der Waals surface area contributed by atoms with Gasteiger partial charge in [0.1, 0.15) is 5.82 Å². The second-order valence-electron chi connectivity index (χ2n) is 4.30. The van der Waals surface area contributed by atoms with Gasteiger partial charge in [-0.1, -0.05) is 19.3 Å². The van der Waals surface area contributed by atoms with E-state index in [4.69, 9.17) is 5.84 Å². The zero-order chi connectivity index (χ0) is 11.2. The van der Waals surface area contributed by atoms with Gasteiger partial charge in [0.15, 0.2) is 0 Å². The lowest BCUT2D eigenvalue weighted by molar-refractivity contribution is 0.556. The van der Waals surface area contributed by atoms with Gasteiger partial charge in [-0.05, 0) is 18.9 Å². The van der Waals surface area contributed by atoms with Crippen molar-refractivity contribution in [2.24, 2.45) is 5.84 Å². The molecule has 4 nitrogen and oxygen atoms in total. The molecular weight excluding hydrogens is 200 g/mol. The Kier molecular flexibility index (Phi) is 3.99. The highest BCUT2D eigenvalue weighted by Crippen LogP contribution is 2.20. The van der Waals surface area contributed by atoms with Gasteiger partial charge >= 0.3 is 0 Å². The standard InChI is InChI=1S/C12H20N4/c13-15-12-10-11(6-7-14-12)16-8-4-2-1-3-5-9-16/h6-7,10H,1-5,8-9,13H2,(H,14,15). The largest absolute Gasteiger partial charge is 0.371 e. The Morgan fingerprint density at radius 2 is 1.81 bits per heavy atom. The van der Waals surface area contributed by atoms with Crippen molar-refractivity contribution < 1.29 is 0 Å². The number of rotatable bonds is 2. The number of aromatic nitrogens is 1. The number of nitrogens with one attached hydrogen (secondary N) is 1. The first-order valence-electron chi connectivity index (χ1n) is 6.08. The summed E-state index contributed by atoms with van der Waals surface area (Å²) in [5.74, 6) is 6.11. The Labute approximate surface area is 96.8 Å². The number of hydrogen-bond donors (Lipinski definition) is 2. The molecule has 0 atom stereocenters. The van der Waals surface area contributed by atoms with Crippen LogP contribution in [0.2, 0.25) is 0 Å². The fraction of sp³-hybridized carbons (Fsp3) is 0.583. The van der Waals surface area contributed by atoms with Gasteiger partial charge in [-0.25, -0.2) is 10.8 Å². The highest BCUT2D eigenvalue weighted by Gasteiger charge is 2.09. The molecule has 1 aromatic heterocycles. The van der Waals surface area contributed by atoms with Crippen LogP contribution >= 0.6 is 0 Å². The Balaban J connectivity index is 2.07. The van der Waals surface area contributed by atoms with Crippen LogP contribution in [0.4, 0.5) is 11.5 Å². The Morgan fingerprint density at radius 3 is 2.50 bits per heavy atom. The number of nitrogens with two attached hydrogens (primary N) is 1. The number of pyridine rings is 1. The minimum atomic E-state index is 0.736. The van der Waals surface area contributed by atoms with Crippen LogP contribution in [0.15, 0.2) is 18.3 Å². The van der Waals surface area contributed by atoms with Gasteiger partial charge in [-0.3, -0.25) is 0 Å². The molecular formula is C12H20N4. The van der Waals surface area contributed by atoms with Crippen LogP contribution in [-0.2, 0) is 0 Å². The van der Waals surface area contributed by atoms with E-state index in [9.17, 15) is 0 Å². The fourth-order valence-electron chi connectivity index (χ4n) is 2.20. The molecule has 1 aliphatic heterocycles. The van der Waals surface area contributed by atoms with Crippen molar-refractivity contribution in [3.05, 3.63) is 18.3 Å². The molecule has 4 heteroatoms. The summed E-state index contributed by atoms with van der Waals surface area (Å²) in [6.07, 6.45) is 8.47. The lowest BCUT2D eigenvalue weighted by atomic mass is 10.1. The van der Waals surface area contributed by atoms with Gasteiger partial charge in [-0.2, -0.15) is 0 Å². The van der Waals surface area contributed by atoms with Gasteiger partial charge in [0.05, 0.1) is 0 Å². The molecule has 1 aliphatic rings. The van der Waals surface area contributed by atoms with Crippen LogP contribution in [0.25, 0.3) is 0 Å². The highest BCUT2D eigenvalue weighted by molar-refractivity contribution is 5.53. The molecule has 88 valence electrons. The molecule has 0 amide bonds. The molecule has 0 aliphatic carbocycles. The zero-order valence-electron chi connectivity index (χ0n) is 9.65. The van der Waals surface area contributed by atoms with E-state index in [1.807, 2.05) is 12.3 Å². The number of anilines is 2. The molecule has 0 unspecified atom stereocenters. The maximum absolute atomic E-state index is 5.37. The van der Waals surface area contributed by atoms with Crippen molar-refractivity contribution in [3.8, 4) is 0 Å². The molecule has 3 N–H and O–H groups in total. The van der Waals surface area contributed by atoms with Crippen LogP contribution in [0, 0.1) is 0 Å². The Hall–Kier alpha value is -1.29. The molecule has 1 fully saturated rings. The third-order valence-corrected chi connectivity index (χ3v) is 3.11. The van der Waals surface area contributed by atoms with Crippen molar-refractivity contribution in [2.45, 2.75) is 32.1 Å². The average molecular weight is 220 g/mol. The average Bonchev–Trinajstić information content (AvgIpc) is 2.29. The molecule has 0 radical (unpaired) electrons. The zero-order valence-corrected chi connectivity index (χ0v) is 9.65. The summed E-state index contributed by atoms with van der Waals surface area (Å²) >= 11 is 0. The molecule has 0 saturated carbocycles. The first kappa shape index (κ1) is 11.2. The van der Waals surface area contributed by atoms with Crippen LogP contribution < -0.4 is 16.2 Å². The van der Waals surface area contributed by atoms with Crippen molar-refractivity contribution in [1.29, 1.82) is 0 Å². The molecule has 1 aromatic rings. The molecule has 16 heavy (non-hydrogen) atoms. The van der Waals surface area contributed by atoms with E-state index in [0.717, 1.165) is 18.9 Å². The maximum atomic E-state index is 5.37. The predicted molar refractivity (Wildman–Crippen MR) is 67.3 cm³/mol. The summed E-state index contributed by atoms with van der Waals surface area (Å²) < 4.78 is 0. The number of hydrogen-bond acceptors (Lipinski definition) is 4. The monoisotopic (exact) mass is 220 g/mol. The number of hydrazine groups is 1. The molecule has 2 rings (SSSR count). The second-order valence-corrected chi connectivity index (χ2v) is 4.30. The van der Waals surface area contributed by atoms with Crippen LogP contribution in [-0.4, -0.2) is 18.1 Å². The quantitative estimate of drug-likeness (QED) is 0.592. The number of nitrogen functional groups attached to an aromatic ring is 1. The summed E-state index contributed by atoms with van der Waals surface area (Å²) in [4.78, 5) is 6.56. The third-order valence-electron chi connectivity index (χ3n) is 3.11. The van der Waals surface area contributed by atoms with Crippen LogP contribution in [0.5, 0.6) is 0 Å². The lowest BCUT2D eigenvalue weighted by Crippen LogP contribution is -2.27. The smallest absolute Gasteiger partial charge is 0.141 e. The van der Waals surface area contributed by atoms with E-state index in [-0.39, 0.29) is 0 Å². The van der Waals surface area contributed by atoms with Gasteiger partial charge in [-0.15, -0.1) is 0 Å². The lowest BCUT2D eigenvalue weighted by Gasteiger charge is -2.27. The van der Waals surface area contributed by atoms with Crippen LogP contribution in [0.3, 0.4) is 0 Å². The van der Waals surface area contributed by atoms with Crippen molar-refractivity contribution in [2.75, 3.05) is 23.4 Å². The normalized spacial score (nSPS) is 17.7. The van der Waals surface area contributed by atoms with E-state index >= 15 is 0 Å². The SMILES string of the molecule is NNc1cc(N2CCCCCCC2)ccn1. The predicted octanol–water partition coefficient (Wildman–Crippen LogP) is 2.14. The first-order valence-corrected chi connectivity index (χ1v) is 6.08. The third kappa shape index (κ3) is 2.85. The minimum Gasteiger partial charge on any atom is -0.371 e. The fourth-order valence-corrected chi connectivity index (χ4v) is 2.20. The van der Waals surface area contributed by atoms with E-state index in [0.29, 0.717) is 0 Å². The first-order chi connectivity index (χ1) is 7.90. The molecule has 0 bridgehead atoms.